The van der Waals surface area contributed by atoms with Gasteiger partial charge in [-0.05, 0) is 13.5 Å². The second kappa shape index (κ2) is 5.24. The molecule has 0 atom stereocenters. The normalized spacial score (nSPS) is 19.8. The van der Waals surface area contributed by atoms with E-state index < -0.39 is 0 Å². The van der Waals surface area contributed by atoms with Crippen LogP contribution in [0.1, 0.15) is 13.8 Å². The summed E-state index contributed by atoms with van der Waals surface area (Å²) in [7, 11) is 0. The van der Waals surface area contributed by atoms with Gasteiger partial charge in [0.05, 0.1) is 12.1 Å². The van der Waals surface area contributed by atoms with Gasteiger partial charge < -0.3 is 15.1 Å². The Balaban J connectivity index is 1.71. The molecule has 2 aliphatic heterocycles. The van der Waals surface area contributed by atoms with Gasteiger partial charge in [-0.25, -0.2) is 4.68 Å². The lowest BCUT2D eigenvalue weighted by atomic mass is 10.1. The van der Waals surface area contributed by atoms with Gasteiger partial charge in [0.15, 0.2) is 0 Å². The van der Waals surface area contributed by atoms with Gasteiger partial charge in [0.25, 0.3) is 5.91 Å². The zero-order valence-electron chi connectivity index (χ0n) is 12.0. The summed E-state index contributed by atoms with van der Waals surface area (Å²) in [5, 5.41) is 7.27. The highest BCUT2D eigenvalue weighted by Crippen LogP contribution is 2.20. The van der Waals surface area contributed by atoms with E-state index >= 15 is 0 Å². The van der Waals surface area contributed by atoms with Gasteiger partial charge in [-0.3, -0.25) is 4.79 Å². The summed E-state index contributed by atoms with van der Waals surface area (Å²) >= 11 is 0. The third kappa shape index (κ3) is 2.29. The smallest absolute Gasteiger partial charge is 0.253 e. The van der Waals surface area contributed by atoms with E-state index in [1.54, 1.807) is 4.68 Å². The van der Waals surface area contributed by atoms with Crippen molar-refractivity contribution in [3.63, 3.8) is 0 Å². The second-order valence-corrected chi connectivity index (χ2v) is 5.20. The van der Waals surface area contributed by atoms with E-state index in [1.807, 2.05) is 11.8 Å². The first-order chi connectivity index (χ1) is 9.69. The van der Waals surface area contributed by atoms with Gasteiger partial charge in [0, 0.05) is 31.9 Å². The largest absolute Gasteiger partial charge is 0.336 e. The molecule has 1 N–H and O–H groups in total. The average molecular weight is 276 g/mol. The van der Waals surface area contributed by atoms with Crippen molar-refractivity contribution in [3.8, 4) is 0 Å². The molecule has 0 unspecified atom stereocenters. The van der Waals surface area contributed by atoms with Gasteiger partial charge in [0.1, 0.15) is 6.33 Å². The zero-order chi connectivity index (χ0) is 14.1. The summed E-state index contributed by atoms with van der Waals surface area (Å²) in [5.74, 6) is 0.821. The van der Waals surface area contributed by atoms with Gasteiger partial charge in [-0.1, -0.05) is 6.92 Å². The number of nitrogens with zero attached hydrogens (tertiary/aromatic N) is 5. The number of allylic oxidation sites excluding steroid dienone is 1. The monoisotopic (exact) mass is 276 g/mol. The molecule has 7 nitrogen and oxygen atoms in total. The molecule has 0 saturated carbocycles. The fraction of sp³-hybridized carbons (Fsp3) is 0.615. The molecule has 0 aromatic carbocycles. The third-order valence-electron chi connectivity index (χ3n) is 4.04. The van der Waals surface area contributed by atoms with Crippen molar-refractivity contribution in [2.45, 2.75) is 20.4 Å². The molecule has 0 aliphatic carbocycles. The van der Waals surface area contributed by atoms with Crippen molar-refractivity contribution in [3.05, 3.63) is 17.6 Å². The van der Waals surface area contributed by atoms with Crippen molar-refractivity contribution in [1.82, 2.24) is 24.6 Å². The first kappa shape index (κ1) is 13.1. The highest BCUT2D eigenvalue weighted by Gasteiger charge is 2.27. The van der Waals surface area contributed by atoms with Crippen LogP contribution >= 0.6 is 0 Å². The fourth-order valence-corrected chi connectivity index (χ4v) is 2.67. The molecule has 0 bridgehead atoms. The van der Waals surface area contributed by atoms with E-state index in [0.29, 0.717) is 12.5 Å². The molecule has 7 heteroatoms. The van der Waals surface area contributed by atoms with E-state index in [4.69, 9.17) is 0 Å². The lowest BCUT2D eigenvalue weighted by Gasteiger charge is -2.35. The number of nitrogens with one attached hydrogen (secondary N) is 1. The Morgan fingerprint density at radius 3 is 2.80 bits per heavy atom. The van der Waals surface area contributed by atoms with Crippen LogP contribution in [0.3, 0.4) is 0 Å². The molecule has 1 aromatic rings. The van der Waals surface area contributed by atoms with Crippen LogP contribution in [-0.2, 0) is 11.3 Å². The highest BCUT2D eigenvalue weighted by atomic mass is 16.2. The number of aromatic nitrogens is 3. The molecule has 3 heterocycles. The minimum absolute atomic E-state index is 0.118. The number of hydrogen-bond acceptors (Lipinski definition) is 5. The number of hydrogen-bond donors (Lipinski definition) is 1. The topological polar surface area (TPSA) is 66.3 Å². The van der Waals surface area contributed by atoms with Crippen molar-refractivity contribution in [1.29, 1.82) is 0 Å². The van der Waals surface area contributed by atoms with Crippen molar-refractivity contribution in [2.24, 2.45) is 0 Å². The molecule has 1 amide bonds. The van der Waals surface area contributed by atoms with Crippen LogP contribution in [0.5, 0.6) is 0 Å². The van der Waals surface area contributed by atoms with E-state index in [9.17, 15) is 4.79 Å². The molecule has 1 aromatic heterocycles. The lowest BCUT2D eigenvalue weighted by Crippen LogP contribution is -2.49. The van der Waals surface area contributed by atoms with Gasteiger partial charge in [-0.15, -0.1) is 0 Å². The number of fused-ring (bicyclic) bond motifs is 1. The minimum Gasteiger partial charge on any atom is -0.336 e. The van der Waals surface area contributed by atoms with Crippen LogP contribution in [0.25, 0.3) is 0 Å². The molecule has 20 heavy (non-hydrogen) atoms. The molecule has 1 saturated heterocycles. The van der Waals surface area contributed by atoms with Gasteiger partial charge in [-0.2, -0.15) is 10.1 Å². The SMILES string of the molecule is CCN1CCN(C(=O)C2=C(C)Nc3ncnn3C2)CC1. The van der Waals surface area contributed by atoms with Crippen molar-refractivity contribution in [2.75, 3.05) is 38.0 Å². The summed E-state index contributed by atoms with van der Waals surface area (Å²) in [6, 6.07) is 0. The number of piperazine rings is 1. The minimum atomic E-state index is 0.118. The summed E-state index contributed by atoms with van der Waals surface area (Å²) < 4.78 is 1.72. The maximum atomic E-state index is 12.6. The first-order valence-corrected chi connectivity index (χ1v) is 7.05. The Hall–Kier alpha value is -1.89. The Labute approximate surface area is 118 Å². The number of carbonyl (C=O) groups excluding carboxylic acids is 1. The maximum Gasteiger partial charge on any atom is 0.253 e. The maximum absolute atomic E-state index is 12.6. The van der Waals surface area contributed by atoms with Crippen LogP contribution in [0.15, 0.2) is 17.6 Å². The Kier molecular flexibility index (Phi) is 3.43. The summed E-state index contributed by atoms with van der Waals surface area (Å²) in [6.07, 6.45) is 1.50. The number of carbonyl (C=O) groups is 1. The van der Waals surface area contributed by atoms with E-state index in [1.165, 1.54) is 6.33 Å². The lowest BCUT2D eigenvalue weighted by molar-refractivity contribution is -0.129. The molecule has 108 valence electrons. The molecule has 1 fully saturated rings. The molecule has 0 spiro atoms. The predicted octanol–water partition coefficient (Wildman–Crippen LogP) is 0.142. The Bertz CT molecular complexity index is 541. The van der Waals surface area contributed by atoms with Crippen LogP contribution < -0.4 is 5.32 Å². The van der Waals surface area contributed by atoms with Crippen LogP contribution in [0.4, 0.5) is 5.95 Å². The highest BCUT2D eigenvalue weighted by molar-refractivity contribution is 5.95. The first-order valence-electron chi connectivity index (χ1n) is 7.05. The van der Waals surface area contributed by atoms with Gasteiger partial charge >= 0.3 is 0 Å². The van der Waals surface area contributed by atoms with Crippen LogP contribution in [0, 0.1) is 0 Å². The molecule has 0 radical (unpaired) electrons. The quantitative estimate of drug-likeness (QED) is 0.832. The summed E-state index contributed by atoms with van der Waals surface area (Å²) in [6.45, 7) is 9.14. The van der Waals surface area contributed by atoms with Crippen molar-refractivity contribution >= 4 is 11.9 Å². The number of rotatable bonds is 2. The molecular weight excluding hydrogens is 256 g/mol. The van der Waals surface area contributed by atoms with Crippen LogP contribution in [0.2, 0.25) is 0 Å². The second-order valence-electron chi connectivity index (χ2n) is 5.20. The van der Waals surface area contributed by atoms with E-state index in [2.05, 4.69) is 27.2 Å². The Morgan fingerprint density at radius 2 is 2.10 bits per heavy atom. The predicted molar refractivity (Wildman–Crippen MR) is 75.0 cm³/mol. The standard InChI is InChI=1S/C13H20N6O/c1-3-17-4-6-18(7-5-17)12(20)11-8-19-13(14-9-15-19)16-10(11)2/h9H,3-8H2,1-2H3,(H,14,15,16). The molecule has 2 aliphatic rings. The third-order valence-corrected chi connectivity index (χ3v) is 4.04. The molecule has 3 rings (SSSR count). The van der Waals surface area contributed by atoms with Crippen molar-refractivity contribution < 1.29 is 4.79 Å². The van der Waals surface area contributed by atoms with Crippen LogP contribution in [-0.4, -0.2) is 63.2 Å². The fourth-order valence-electron chi connectivity index (χ4n) is 2.67. The summed E-state index contributed by atoms with van der Waals surface area (Å²) in [4.78, 5) is 21.0. The average Bonchev–Trinajstić information content (AvgIpc) is 2.93. The number of amides is 1. The number of likely N-dealkylation sites (N-methyl/N-ethyl adjacent to an activating group) is 1. The van der Waals surface area contributed by atoms with Gasteiger partial charge in [0.2, 0.25) is 5.95 Å². The zero-order valence-corrected chi connectivity index (χ0v) is 12.0. The van der Waals surface area contributed by atoms with E-state index in [0.717, 1.165) is 44.0 Å². The Morgan fingerprint density at radius 1 is 1.35 bits per heavy atom. The molecular formula is C13H20N6O. The van der Waals surface area contributed by atoms with E-state index in [-0.39, 0.29) is 5.91 Å². The number of anilines is 1. The summed E-state index contributed by atoms with van der Waals surface area (Å²) in [5.41, 5.74) is 1.67.